The third-order valence-electron chi connectivity index (χ3n) is 4.66. The first kappa shape index (κ1) is 20.6. The predicted octanol–water partition coefficient (Wildman–Crippen LogP) is 4.73. The fraction of sp³-hybridized carbons (Fsp3) is 0.286. The molecule has 0 amide bonds. The molecule has 0 saturated carbocycles. The highest BCUT2D eigenvalue weighted by atomic mass is 35.5. The molecule has 0 aliphatic heterocycles. The zero-order valence-corrected chi connectivity index (χ0v) is 18.2. The van der Waals surface area contributed by atoms with Crippen LogP contribution in [0, 0.1) is 0 Å². The van der Waals surface area contributed by atoms with Crippen LogP contribution >= 0.6 is 23.4 Å². The van der Waals surface area contributed by atoms with Crippen molar-refractivity contribution in [1.82, 2.24) is 35.0 Å². The number of hydrogen-bond donors (Lipinski definition) is 0. The summed E-state index contributed by atoms with van der Waals surface area (Å²) in [6.07, 6.45) is 2.15. The van der Waals surface area contributed by atoms with Crippen LogP contribution in [0.2, 0.25) is 5.02 Å². The summed E-state index contributed by atoms with van der Waals surface area (Å²) in [5.74, 6) is 2.28. The Hall–Kier alpha value is -2.71. The standard InChI is InChI=1S/C21H22ClN7S/c1-2-3-13-29-19(23-26-27-29)15-30-21-25-24-20(17-9-11-18(22)12-10-17)28(21)14-16-7-5-4-6-8-16/h4-12H,2-3,13-15H2,1H3. The first-order valence-electron chi connectivity index (χ1n) is 9.85. The smallest absolute Gasteiger partial charge is 0.192 e. The molecule has 0 fully saturated rings. The molecule has 0 saturated heterocycles. The summed E-state index contributed by atoms with van der Waals surface area (Å²) in [5.41, 5.74) is 2.16. The monoisotopic (exact) mass is 439 g/mol. The Morgan fingerprint density at radius 2 is 1.77 bits per heavy atom. The Labute approximate surface area is 184 Å². The van der Waals surface area contributed by atoms with Gasteiger partial charge in [0.1, 0.15) is 0 Å². The van der Waals surface area contributed by atoms with E-state index in [-0.39, 0.29) is 0 Å². The van der Waals surface area contributed by atoms with Crippen LogP contribution in [0.1, 0.15) is 31.2 Å². The van der Waals surface area contributed by atoms with Gasteiger partial charge in [-0.25, -0.2) is 4.68 Å². The Bertz CT molecular complexity index is 1080. The minimum Gasteiger partial charge on any atom is -0.298 e. The minimum absolute atomic E-state index is 0.629. The number of hydrogen-bond acceptors (Lipinski definition) is 6. The van der Waals surface area contributed by atoms with Crippen molar-refractivity contribution in [3.8, 4) is 11.4 Å². The maximum absolute atomic E-state index is 6.06. The van der Waals surface area contributed by atoms with Crippen molar-refractivity contribution in [1.29, 1.82) is 0 Å². The molecule has 2 aromatic heterocycles. The van der Waals surface area contributed by atoms with Crippen molar-refractivity contribution >= 4 is 23.4 Å². The van der Waals surface area contributed by atoms with Gasteiger partial charge in [0.25, 0.3) is 0 Å². The van der Waals surface area contributed by atoms with Crippen LogP contribution in [0.4, 0.5) is 0 Å². The third-order valence-corrected chi connectivity index (χ3v) is 5.88. The van der Waals surface area contributed by atoms with Crippen LogP contribution < -0.4 is 0 Å². The topological polar surface area (TPSA) is 74.3 Å². The van der Waals surface area contributed by atoms with Crippen LogP contribution in [0.25, 0.3) is 11.4 Å². The summed E-state index contributed by atoms with van der Waals surface area (Å²) < 4.78 is 4.00. The molecule has 154 valence electrons. The van der Waals surface area contributed by atoms with Crippen LogP contribution in [-0.4, -0.2) is 35.0 Å². The molecule has 2 heterocycles. The zero-order valence-electron chi connectivity index (χ0n) is 16.6. The number of thioether (sulfide) groups is 1. The molecule has 4 rings (SSSR count). The average Bonchev–Trinajstić information content (AvgIpc) is 3.39. The van der Waals surface area contributed by atoms with E-state index in [0.717, 1.165) is 41.8 Å². The van der Waals surface area contributed by atoms with E-state index < -0.39 is 0 Å². The average molecular weight is 440 g/mol. The van der Waals surface area contributed by atoms with E-state index >= 15 is 0 Å². The van der Waals surface area contributed by atoms with Gasteiger partial charge in [0, 0.05) is 17.1 Å². The zero-order chi connectivity index (χ0) is 20.8. The number of halogens is 1. The molecular formula is C21H22ClN7S. The molecule has 0 aliphatic carbocycles. The van der Waals surface area contributed by atoms with Crippen molar-refractivity contribution in [3.63, 3.8) is 0 Å². The van der Waals surface area contributed by atoms with Crippen molar-refractivity contribution in [3.05, 3.63) is 71.0 Å². The highest BCUT2D eigenvalue weighted by Gasteiger charge is 2.16. The van der Waals surface area contributed by atoms with Gasteiger partial charge >= 0.3 is 0 Å². The number of nitrogens with zero attached hydrogens (tertiary/aromatic N) is 7. The van der Waals surface area contributed by atoms with E-state index in [4.69, 9.17) is 11.6 Å². The van der Waals surface area contributed by atoms with Crippen molar-refractivity contribution in [2.24, 2.45) is 0 Å². The fourth-order valence-corrected chi connectivity index (χ4v) is 4.05. The maximum Gasteiger partial charge on any atom is 0.192 e. The van der Waals surface area contributed by atoms with Gasteiger partial charge in [0.15, 0.2) is 16.8 Å². The highest BCUT2D eigenvalue weighted by molar-refractivity contribution is 7.98. The van der Waals surface area contributed by atoms with Crippen LogP contribution in [0.3, 0.4) is 0 Å². The van der Waals surface area contributed by atoms with E-state index in [2.05, 4.69) is 49.3 Å². The summed E-state index contributed by atoms with van der Waals surface area (Å²) in [4.78, 5) is 0. The second-order valence-electron chi connectivity index (χ2n) is 6.85. The van der Waals surface area contributed by atoms with Gasteiger partial charge in [0.05, 0.1) is 12.3 Å². The number of aromatic nitrogens is 7. The SMILES string of the molecule is CCCCn1nnnc1CSc1nnc(-c2ccc(Cl)cc2)n1Cc1ccccc1. The molecule has 0 bridgehead atoms. The first-order valence-corrected chi connectivity index (χ1v) is 11.2. The van der Waals surface area contributed by atoms with Gasteiger partial charge < -0.3 is 0 Å². The Kier molecular flexibility index (Phi) is 6.76. The van der Waals surface area contributed by atoms with E-state index in [1.165, 1.54) is 5.56 Å². The lowest BCUT2D eigenvalue weighted by Gasteiger charge is -2.11. The molecule has 0 atom stereocenters. The Morgan fingerprint density at radius 3 is 2.53 bits per heavy atom. The molecule has 9 heteroatoms. The summed E-state index contributed by atoms with van der Waals surface area (Å²) in [6, 6.07) is 18.0. The van der Waals surface area contributed by atoms with Gasteiger partial charge in [-0.05, 0) is 46.7 Å². The molecule has 0 N–H and O–H groups in total. The van der Waals surface area contributed by atoms with E-state index in [1.54, 1.807) is 11.8 Å². The van der Waals surface area contributed by atoms with E-state index in [0.29, 0.717) is 17.3 Å². The van der Waals surface area contributed by atoms with Crippen molar-refractivity contribution in [2.45, 2.75) is 43.8 Å². The normalized spacial score (nSPS) is 11.1. The molecule has 0 radical (unpaired) electrons. The van der Waals surface area contributed by atoms with Gasteiger partial charge in [-0.3, -0.25) is 4.57 Å². The van der Waals surface area contributed by atoms with Gasteiger partial charge in [-0.2, -0.15) is 0 Å². The second-order valence-corrected chi connectivity index (χ2v) is 8.22. The van der Waals surface area contributed by atoms with Crippen LogP contribution in [0.15, 0.2) is 59.8 Å². The molecule has 0 unspecified atom stereocenters. The maximum atomic E-state index is 6.06. The largest absolute Gasteiger partial charge is 0.298 e. The molecule has 2 aromatic carbocycles. The molecule has 7 nitrogen and oxygen atoms in total. The summed E-state index contributed by atoms with van der Waals surface area (Å²) >= 11 is 7.65. The van der Waals surface area contributed by atoms with Gasteiger partial charge in [0.2, 0.25) is 0 Å². The summed E-state index contributed by atoms with van der Waals surface area (Å²) in [6.45, 7) is 3.66. The minimum atomic E-state index is 0.629. The molecular weight excluding hydrogens is 418 g/mol. The van der Waals surface area contributed by atoms with Gasteiger partial charge in [-0.15, -0.1) is 15.3 Å². The molecule has 30 heavy (non-hydrogen) atoms. The number of rotatable bonds is 9. The fourth-order valence-electron chi connectivity index (χ4n) is 3.05. The third kappa shape index (κ3) is 4.88. The lowest BCUT2D eigenvalue weighted by atomic mass is 10.2. The lowest BCUT2D eigenvalue weighted by molar-refractivity contribution is 0.540. The molecule has 0 aliphatic rings. The van der Waals surface area contributed by atoms with E-state index in [1.807, 2.05) is 47.1 Å². The van der Waals surface area contributed by atoms with Crippen molar-refractivity contribution < 1.29 is 0 Å². The summed E-state index contributed by atoms with van der Waals surface area (Å²) in [5, 5.41) is 22.6. The van der Waals surface area contributed by atoms with Gasteiger partial charge in [-0.1, -0.05) is 67.0 Å². The Morgan fingerprint density at radius 1 is 0.967 bits per heavy atom. The first-order chi connectivity index (χ1) is 14.7. The molecule has 0 spiro atoms. The van der Waals surface area contributed by atoms with Crippen molar-refractivity contribution in [2.75, 3.05) is 0 Å². The van der Waals surface area contributed by atoms with E-state index in [9.17, 15) is 0 Å². The second kappa shape index (κ2) is 9.86. The highest BCUT2D eigenvalue weighted by Crippen LogP contribution is 2.27. The number of unbranched alkanes of at least 4 members (excludes halogenated alkanes) is 1. The van der Waals surface area contributed by atoms with Crippen LogP contribution in [-0.2, 0) is 18.8 Å². The number of aryl methyl sites for hydroxylation is 1. The van der Waals surface area contributed by atoms with Crippen LogP contribution in [0.5, 0.6) is 0 Å². The lowest BCUT2D eigenvalue weighted by Crippen LogP contribution is -2.07. The quantitative estimate of drug-likeness (QED) is 0.351. The predicted molar refractivity (Wildman–Crippen MR) is 118 cm³/mol. The molecule has 4 aromatic rings. The number of benzene rings is 2. The Balaban J connectivity index is 1.61. The number of tetrazole rings is 1. The summed E-state index contributed by atoms with van der Waals surface area (Å²) in [7, 11) is 0.